The van der Waals surface area contributed by atoms with Crippen LogP contribution < -0.4 is 0 Å². The molecule has 0 aromatic heterocycles. The second-order valence-corrected chi connectivity index (χ2v) is 9.08. The Morgan fingerprint density at radius 2 is 2.00 bits per heavy atom. The van der Waals surface area contributed by atoms with E-state index in [1.54, 1.807) is 0 Å². The zero-order valence-corrected chi connectivity index (χ0v) is 15.5. The first kappa shape index (κ1) is 18.4. The standard InChI is InChI=1S/C18H24O3S2/c1-18(2,3)21-17(20)16(14-9-10-22-12-14)23-15(19)11-13-7-5-4-6-8-13/h4-8,14,16H,9-12H2,1-3H3. The Kier molecular flexibility index (Phi) is 6.60. The maximum Gasteiger partial charge on any atom is 0.320 e. The minimum atomic E-state index is -0.524. The summed E-state index contributed by atoms with van der Waals surface area (Å²) in [6, 6.07) is 9.65. The fraction of sp³-hybridized carbons (Fsp3) is 0.556. The van der Waals surface area contributed by atoms with Crippen molar-refractivity contribution >= 4 is 34.6 Å². The molecule has 2 rings (SSSR count). The number of hydrogen-bond donors (Lipinski definition) is 0. The van der Waals surface area contributed by atoms with Gasteiger partial charge in [-0.3, -0.25) is 9.59 Å². The molecule has 1 heterocycles. The third kappa shape index (κ3) is 6.22. The number of carbonyl (C=O) groups excluding carboxylic acids is 2. The third-order valence-electron chi connectivity index (χ3n) is 3.48. The van der Waals surface area contributed by atoms with E-state index in [2.05, 4.69) is 0 Å². The highest BCUT2D eigenvalue weighted by atomic mass is 32.2. The lowest BCUT2D eigenvalue weighted by molar-refractivity contribution is -0.155. The molecule has 0 radical (unpaired) electrons. The second-order valence-electron chi connectivity index (χ2n) is 6.73. The van der Waals surface area contributed by atoms with E-state index in [0.717, 1.165) is 35.3 Å². The molecule has 1 aliphatic rings. The number of hydrogen-bond acceptors (Lipinski definition) is 5. The summed E-state index contributed by atoms with van der Waals surface area (Å²) in [7, 11) is 0. The van der Waals surface area contributed by atoms with Gasteiger partial charge in [0.1, 0.15) is 10.9 Å². The first-order valence-electron chi connectivity index (χ1n) is 7.89. The molecule has 2 unspecified atom stereocenters. The fourth-order valence-corrected chi connectivity index (χ4v) is 4.96. The van der Waals surface area contributed by atoms with E-state index in [1.165, 1.54) is 0 Å². The van der Waals surface area contributed by atoms with Crippen molar-refractivity contribution in [1.82, 2.24) is 0 Å². The van der Waals surface area contributed by atoms with Gasteiger partial charge < -0.3 is 4.74 Å². The van der Waals surface area contributed by atoms with Gasteiger partial charge in [-0.25, -0.2) is 0 Å². The molecule has 5 heteroatoms. The highest BCUT2D eigenvalue weighted by Crippen LogP contribution is 2.34. The molecule has 1 aromatic rings. The maximum absolute atomic E-state index is 12.5. The molecular weight excluding hydrogens is 328 g/mol. The van der Waals surface area contributed by atoms with Crippen LogP contribution >= 0.6 is 23.5 Å². The fourth-order valence-electron chi connectivity index (χ4n) is 2.43. The van der Waals surface area contributed by atoms with Crippen molar-refractivity contribution in [2.75, 3.05) is 11.5 Å². The summed E-state index contributed by atoms with van der Waals surface area (Å²) in [4.78, 5) is 24.9. The summed E-state index contributed by atoms with van der Waals surface area (Å²) in [6.07, 6.45) is 1.32. The Morgan fingerprint density at radius 3 is 2.57 bits per heavy atom. The number of esters is 1. The average Bonchev–Trinajstić information content (AvgIpc) is 2.97. The van der Waals surface area contributed by atoms with Crippen LogP contribution in [0, 0.1) is 5.92 Å². The van der Waals surface area contributed by atoms with Crippen LogP contribution in [-0.4, -0.2) is 33.4 Å². The second kappa shape index (κ2) is 8.25. The van der Waals surface area contributed by atoms with Crippen LogP contribution in [0.1, 0.15) is 32.8 Å². The van der Waals surface area contributed by atoms with Crippen molar-refractivity contribution in [2.45, 2.75) is 44.5 Å². The molecule has 1 aromatic carbocycles. The number of rotatable bonds is 5. The minimum Gasteiger partial charge on any atom is -0.459 e. The lowest BCUT2D eigenvalue weighted by Gasteiger charge is -2.26. The molecule has 126 valence electrons. The predicted molar refractivity (Wildman–Crippen MR) is 97.8 cm³/mol. The molecule has 2 atom stereocenters. The Balaban J connectivity index is 2.02. The highest BCUT2D eigenvalue weighted by Gasteiger charge is 2.36. The molecule has 0 bridgehead atoms. The molecule has 3 nitrogen and oxygen atoms in total. The van der Waals surface area contributed by atoms with Crippen molar-refractivity contribution in [3.8, 4) is 0 Å². The maximum atomic E-state index is 12.5. The lowest BCUT2D eigenvalue weighted by atomic mass is 10.0. The average molecular weight is 353 g/mol. The number of benzene rings is 1. The monoisotopic (exact) mass is 352 g/mol. The summed E-state index contributed by atoms with van der Waals surface area (Å²) < 4.78 is 5.54. The zero-order chi connectivity index (χ0) is 16.9. The van der Waals surface area contributed by atoms with Crippen molar-refractivity contribution in [1.29, 1.82) is 0 Å². The lowest BCUT2D eigenvalue weighted by Crippen LogP contribution is -2.35. The Hall–Kier alpha value is -0.940. The largest absolute Gasteiger partial charge is 0.459 e. The molecular formula is C18H24O3S2. The molecule has 1 aliphatic heterocycles. The molecule has 0 aliphatic carbocycles. The highest BCUT2D eigenvalue weighted by molar-refractivity contribution is 8.14. The summed E-state index contributed by atoms with van der Waals surface area (Å²) in [5, 5.41) is -0.357. The number of ether oxygens (including phenoxy) is 1. The first-order chi connectivity index (χ1) is 10.8. The van der Waals surface area contributed by atoms with Crippen LogP contribution in [0.5, 0.6) is 0 Å². The molecule has 23 heavy (non-hydrogen) atoms. The zero-order valence-electron chi connectivity index (χ0n) is 13.9. The van der Waals surface area contributed by atoms with Gasteiger partial charge in [0.25, 0.3) is 0 Å². The molecule has 0 amide bonds. The SMILES string of the molecule is CC(C)(C)OC(=O)C(SC(=O)Cc1ccccc1)C1CCSC1. The van der Waals surface area contributed by atoms with Gasteiger partial charge in [0.15, 0.2) is 5.12 Å². The van der Waals surface area contributed by atoms with Gasteiger partial charge in [0.05, 0.1) is 0 Å². The quantitative estimate of drug-likeness (QED) is 0.751. The van der Waals surface area contributed by atoms with E-state index >= 15 is 0 Å². The summed E-state index contributed by atoms with van der Waals surface area (Å²) in [5.74, 6) is 1.95. The molecule has 0 spiro atoms. The number of carbonyl (C=O) groups is 2. The normalized spacial score (nSPS) is 19.3. The van der Waals surface area contributed by atoms with Crippen LogP contribution in [0.25, 0.3) is 0 Å². The Morgan fingerprint density at radius 1 is 1.30 bits per heavy atom. The van der Waals surface area contributed by atoms with Gasteiger partial charge in [-0.1, -0.05) is 42.1 Å². The van der Waals surface area contributed by atoms with Crippen LogP contribution in [-0.2, 0) is 20.7 Å². The van der Waals surface area contributed by atoms with Crippen molar-refractivity contribution in [3.63, 3.8) is 0 Å². The topological polar surface area (TPSA) is 43.4 Å². The van der Waals surface area contributed by atoms with E-state index in [4.69, 9.17) is 4.74 Å². The van der Waals surface area contributed by atoms with Gasteiger partial charge in [-0.15, -0.1) is 0 Å². The molecule has 1 fully saturated rings. The smallest absolute Gasteiger partial charge is 0.320 e. The van der Waals surface area contributed by atoms with Gasteiger partial charge in [-0.2, -0.15) is 11.8 Å². The van der Waals surface area contributed by atoms with Crippen molar-refractivity contribution in [3.05, 3.63) is 35.9 Å². The van der Waals surface area contributed by atoms with Crippen molar-refractivity contribution in [2.24, 2.45) is 5.92 Å². The van der Waals surface area contributed by atoms with Crippen LogP contribution in [0.2, 0.25) is 0 Å². The van der Waals surface area contributed by atoms with E-state index in [9.17, 15) is 9.59 Å². The van der Waals surface area contributed by atoms with E-state index < -0.39 is 5.60 Å². The summed E-state index contributed by atoms with van der Waals surface area (Å²) >= 11 is 3.00. The minimum absolute atomic E-state index is 0.0314. The van der Waals surface area contributed by atoms with E-state index in [0.29, 0.717) is 6.42 Å². The van der Waals surface area contributed by atoms with E-state index in [1.807, 2.05) is 62.9 Å². The number of thioether (sulfide) groups is 2. The van der Waals surface area contributed by atoms with Gasteiger partial charge in [0, 0.05) is 6.42 Å². The van der Waals surface area contributed by atoms with E-state index in [-0.39, 0.29) is 22.3 Å². The Bertz CT molecular complexity index is 531. The summed E-state index contributed by atoms with van der Waals surface area (Å²) in [6.45, 7) is 5.59. The van der Waals surface area contributed by atoms with Gasteiger partial charge in [0.2, 0.25) is 0 Å². The van der Waals surface area contributed by atoms with Crippen LogP contribution in [0.4, 0.5) is 0 Å². The molecule has 0 N–H and O–H groups in total. The van der Waals surface area contributed by atoms with Gasteiger partial charge >= 0.3 is 5.97 Å². The predicted octanol–water partition coefficient (Wildman–Crippen LogP) is 3.95. The van der Waals surface area contributed by atoms with Crippen LogP contribution in [0.3, 0.4) is 0 Å². The van der Waals surface area contributed by atoms with Gasteiger partial charge in [-0.05, 0) is 50.2 Å². The first-order valence-corrected chi connectivity index (χ1v) is 9.92. The van der Waals surface area contributed by atoms with Crippen LogP contribution in [0.15, 0.2) is 30.3 Å². The summed E-state index contributed by atoms with van der Waals surface area (Å²) in [5.41, 5.74) is 0.457. The Labute approximate surface area is 146 Å². The molecule has 0 saturated carbocycles. The molecule has 1 saturated heterocycles. The third-order valence-corrected chi connectivity index (χ3v) is 5.91. The van der Waals surface area contributed by atoms with Crippen molar-refractivity contribution < 1.29 is 14.3 Å².